The van der Waals surface area contributed by atoms with Gasteiger partial charge in [-0.15, -0.1) is 13.2 Å². The summed E-state index contributed by atoms with van der Waals surface area (Å²) < 4.78 is 57.1. The van der Waals surface area contributed by atoms with Crippen molar-refractivity contribution in [2.45, 2.75) is 68.9 Å². The van der Waals surface area contributed by atoms with E-state index in [-0.39, 0.29) is 50.7 Å². The lowest BCUT2D eigenvalue weighted by Gasteiger charge is -2.41. The summed E-state index contributed by atoms with van der Waals surface area (Å²) >= 11 is 5.80. The fraction of sp³-hybridized carbons (Fsp3) is 0.667. The first-order chi connectivity index (χ1) is 15.0. The largest absolute Gasteiger partial charge is 0.522 e. The van der Waals surface area contributed by atoms with Crippen molar-refractivity contribution in [3.63, 3.8) is 0 Å². The van der Waals surface area contributed by atoms with E-state index in [0.717, 1.165) is 0 Å². The average Bonchev–Trinajstić information content (AvgIpc) is 2.69. The summed E-state index contributed by atoms with van der Waals surface area (Å²) in [6.07, 6.45) is -5.09. The number of ether oxygens (including phenoxy) is 4. The first kappa shape index (κ1) is 25.0. The van der Waals surface area contributed by atoms with Crippen LogP contribution in [0.4, 0.5) is 13.2 Å². The molecule has 1 amide bonds. The fourth-order valence-corrected chi connectivity index (χ4v) is 3.75. The van der Waals surface area contributed by atoms with E-state index >= 15 is 0 Å². The summed E-state index contributed by atoms with van der Waals surface area (Å²) in [4.78, 5) is 12.1. The Hall–Kier alpha value is -1.59. The maximum atomic E-state index is 12.2. The summed E-state index contributed by atoms with van der Waals surface area (Å²) in [6.45, 7) is 1.58. The van der Waals surface area contributed by atoms with Gasteiger partial charge in [0.1, 0.15) is 11.4 Å². The number of alkyl halides is 3. The summed E-state index contributed by atoms with van der Waals surface area (Å²) in [7, 11) is 0. The normalized spacial score (nSPS) is 27.8. The molecule has 0 unspecified atom stereocenters. The molecule has 11 heteroatoms. The van der Waals surface area contributed by atoms with E-state index in [1.807, 2.05) is 0 Å². The SMILES string of the molecule is C[C@@](O)(COC1CC(OC(F)(F)F)C1)[C@@H]1CC[C@@H](NC(=O)COc2ccc(Cl)cc2)CO1. The zero-order valence-corrected chi connectivity index (χ0v) is 18.3. The van der Waals surface area contributed by atoms with Crippen molar-refractivity contribution in [2.24, 2.45) is 0 Å². The zero-order chi connectivity index (χ0) is 23.4. The number of carbonyl (C=O) groups excluding carboxylic acids is 1. The topological polar surface area (TPSA) is 86.2 Å². The number of hydrogen-bond donors (Lipinski definition) is 2. The number of aliphatic hydroxyl groups is 1. The predicted octanol–water partition coefficient (Wildman–Crippen LogP) is 3.22. The van der Waals surface area contributed by atoms with Crippen molar-refractivity contribution in [2.75, 3.05) is 19.8 Å². The van der Waals surface area contributed by atoms with Crippen molar-refractivity contribution in [1.82, 2.24) is 5.32 Å². The molecule has 180 valence electrons. The van der Waals surface area contributed by atoms with Crippen LogP contribution in [0.1, 0.15) is 32.6 Å². The molecule has 1 saturated heterocycles. The molecule has 0 aromatic heterocycles. The standard InChI is InChI=1S/C21H27ClF3NO6/c1-20(28,12-31-16-8-17(9-16)32-21(23,24)25)18-7-4-14(10-30-18)26-19(27)11-29-15-5-2-13(22)3-6-15/h2-3,5-6,14,16-18,28H,4,7-12H2,1H3,(H,26,27)/t14-,16?,17?,18+,20-/m1/s1. The number of amides is 1. The Morgan fingerprint density at radius 3 is 2.50 bits per heavy atom. The lowest BCUT2D eigenvalue weighted by atomic mass is 9.90. The van der Waals surface area contributed by atoms with E-state index in [2.05, 4.69) is 10.1 Å². The number of carbonyl (C=O) groups is 1. The molecular weight excluding hydrogens is 455 g/mol. The molecule has 2 fully saturated rings. The maximum absolute atomic E-state index is 12.2. The van der Waals surface area contributed by atoms with Crippen LogP contribution < -0.4 is 10.1 Å². The molecule has 0 bridgehead atoms. The van der Waals surface area contributed by atoms with Crippen LogP contribution in [0, 0.1) is 0 Å². The van der Waals surface area contributed by atoms with Crippen molar-refractivity contribution < 1.29 is 42.0 Å². The summed E-state index contributed by atoms with van der Waals surface area (Å²) in [5.74, 6) is 0.242. The van der Waals surface area contributed by atoms with Gasteiger partial charge in [-0.3, -0.25) is 9.53 Å². The van der Waals surface area contributed by atoms with Gasteiger partial charge in [-0.25, -0.2) is 0 Å². The second-order valence-electron chi connectivity index (χ2n) is 8.35. The Morgan fingerprint density at radius 1 is 1.22 bits per heavy atom. The van der Waals surface area contributed by atoms with Crippen LogP contribution in [0.5, 0.6) is 5.75 Å². The Balaban J connectivity index is 1.32. The highest BCUT2D eigenvalue weighted by atomic mass is 35.5. The van der Waals surface area contributed by atoms with Crippen molar-refractivity contribution in [3.05, 3.63) is 29.3 Å². The molecule has 1 saturated carbocycles. The van der Waals surface area contributed by atoms with E-state index in [4.69, 9.17) is 25.8 Å². The molecule has 0 radical (unpaired) electrons. The highest BCUT2D eigenvalue weighted by Crippen LogP contribution is 2.33. The third kappa shape index (κ3) is 7.77. The van der Waals surface area contributed by atoms with Crippen LogP contribution >= 0.6 is 11.6 Å². The van der Waals surface area contributed by atoms with Crippen LogP contribution in [0.2, 0.25) is 5.02 Å². The van der Waals surface area contributed by atoms with E-state index in [1.165, 1.54) is 0 Å². The van der Waals surface area contributed by atoms with Gasteiger partial charge in [0.15, 0.2) is 6.61 Å². The van der Waals surface area contributed by atoms with Crippen LogP contribution in [0.3, 0.4) is 0 Å². The summed E-state index contributed by atoms with van der Waals surface area (Å²) in [5.41, 5.74) is -1.30. The van der Waals surface area contributed by atoms with Gasteiger partial charge in [0.25, 0.3) is 5.91 Å². The third-order valence-electron chi connectivity index (χ3n) is 5.48. The molecule has 32 heavy (non-hydrogen) atoms. The molecule has 3 rings (SSSR count). The number of rotatable bonds is 9. The quantitative estimate of drug-likeness (QED) is 0.563. The molecule has 1 aliphatic carbocycles. The Morgan fingerprint density at radius 2 is 1.91 bits per heavy atom. The highest BCUT2D eigenvalue weighted by molar-refractivity contribution is 6.30. The molecule has 2 N–H and O–H groups in total. The molecule has 1 aromatic carbocycles. The van der Waals surface area contributed by atoms with Gasteiger partial charge in [-0.2, -0.15) is 0 Å². The van der Waals surface area contributed by atoms with Crippen molar-refractivity contribution in [1.29, 1.82) is 0 Å². The van der Waals surface area contributed by atoms with Gasteiger partial charge in [-0.05, 0) is 44.0 Å². The minimum atomic E-state index is -4.65. The summed E-state index contributed by atoms with van der Waals surface area (Å²) in [6, 6.07) is 6.46. The Bertz CT molecular complexity index is 747. The Kier molecular flexibility index (Phi) is 8.26. The Labute approximate surface area is 189 Å². The molecule has 3 atom stereocenters. The maximum Gasteiger partial charge on any atom is 0.522 e. The second-order valence-corrected chi connectivity index (χ2v) is 8.79. The molecule has 7 nitrogen and oxygen atoms in total. The van der Waals surface area contributed by atoms with E-state index < -0.39 is 24.2 Å². The predicted molar refractivity (Wildman–Crippen MR) is 108 cm³/mol. The molecule has 0 spiro atoms. The van der Waals surface area contributed by atoms with Gasteiger partial charge in [0.2, 0.25) is 0 Å². The average molecular weight is 482 g/mol. The van der Waals surface area contributed by atoms with Gasteiger partial charge >= 0.3 is 6.36 Å². The van der Waals surface area contributed by atoms with Gasteiger partial charge < -0.3 is 24.6 Å². The van der Waals surface area contributed by atoms with E-state index in [9.17, 15) is 23.1 Å². The minimum Gasteiger partial charge on any atom is -0.484 e. The van der Waals surface area contributed by atoms with Gasteiger partial charge in [-0.1, -0.05) is 11.6 Å². The lowest BCUT2D eigenvalue weighted by molar-refractivity contribution is -0.358. The number of halogens is 4. The van der Waals surface area contributed by atoms with Crippen LogP contribution in [0.15, 0.2) is 24.3 Å². The molecule has 2 aliphatic rings. The first-order valence-electron chi connectivity index (χ1n) is 10.4. The second kappa shape index (κ2) is 10.6. The van der Waals surface area contributed by atoms with Gasteiger partial charge in [0.05, 0.1) is 37.6 Å². The first-order valence-corrected chi connectivity index (χ1v) is 10.8. The van der Waals surface area contributed by atoms with Crippen LogP contribution in [0.25, 0.3) is 0 Å². The van der Waals surface area contributed by atoms with Crippen LogP contribution in [-0.2, 0) is 19.0 Å². The monoisotopic (exact) mass is 481 g/mol. The summed E-state index contributed by atoms with van der Waals surface area (Å²) in [5, 5.41) is 14.1. The third-order valence-corrected chi connectivity index (χ3v) is 5.73. The smallest absolute Gasteiger partial charge is 0.484 e. The molecule has 1 aromatic rings. The molecule has 1 heterocycles. The zero-order valence-electron chi connectivity index (χ0n) is 17.6. The van der Waals surface area contributed by atoms with E-state index in [1.54, 1.807) is 31.2 Å². The number of benzene rings is 1. The van der Waals surface area contributed by atoms with Crippen molar-refractivity contribution >= 4 is 17.5 Å². The number of hydrogen-bond acceptors (Lipinski definition) is 6. The van der Waals surface area contributed by atoms with E-state index in [0.29, 0.717) is 23.6 Å². The molecular formula is C21H27ClF3NO6. The lowest BCUT2D eigenvalue weighted by Crippen LogP contribution is -2.53. The van der Waals surface area contributed by atoms with Gasteiger partial charge in [0, 0.05) is 17.9 Å². The van der Waals surface area contributed by atoms with Crippen molar-refractivity contribution in [3.8, 4) is 5.75 Å². The minimum absolute atomic E-state index is 0.0625. The highest BCUT2D eigenvalue weighted by Gasteiger charge is 2.42. The van der Waals surface area contributed by atoms with Crippen LogP contribution in [-0.4, -0.2) is 67.2 Å². The fourth-order valence-electron chi connectivity index (χ4n) is 3.62. The number of nitrogens with one attached hydrogen (secondary N) is 1. The molecule has 1 aliphatic heterocycles.